The molecule has 2 aromatic rings. The van der Waals surface area contributed by atoms with E-state index in [1.807, 2.05) is 0 Å². The number of aliphatic imine (C=N–C) groups is 2. The van der Waals surface area contributed by atoms with E-state index in [4.69, 9.17) is 21.7 Å². The number of rotatable bonds is 19. The lowest BCUT2D eigenvalue weighted by atomic mass is 10.1. The molecule has 4 unspecified atom stereocenters. The number of hydrogen-bond acceptors (Lipinski definition) is 14. The fourth-order valence-electron chi connectivity index (χ4n) is 3.49. The van der Waals surface area contributed by atoms with Gasteiger partial charge in [0.1, 0.15) is 37.3 Å². The highest BCUT2D eigenvalue weighted by Crippen LogP contribution is 2.04. The van der Waals surface area contributed by atoms with Crippen molar-refractivity contribution in [1.82, 2.24) is 41.2 Å². The number of nitrogens with zero attached hydrogens (tertiary/aromatic N) is 4. The number of H-pyrrole nitrogens is 2. The largest absolute Gasteiger partial charge is 0.861 e. The zero-order valence-electron chi connectivity index (χ0n) is 24.0. The Morgan fingerprint density at radius 3 is 1.33 bits per heavy atom. The molecule has 12 N–H and O–H groups in total. The van der Waals surface area contributed by atoms with Gasteiger partial charge in [-0.15, -0.1) is 0 Å². The first-order valence-electron chi connectivity index (χ1n) is 13.2. The summed E-state index contributed by atoms with van der Waals surface area (Å²) in [7, 11) is 0. The van der Waals surface area contributed by atoms with Crippen LogP contribution in [0.2, 0.25) is 0 Å². The number of carboxylic acids is 2. The predicted octanol–water partition coefficient (Wildman–Crippen LogP) is -7.54. The summed E-state index contributed by atoms with van der Waals surface area (Å²) in [5, 5.41) is 50.8. The van der Waals surface area contributed by atoms with E-state index in [9.17, 15) is 39.0 Å². The monoisotopic (exact) mass is 648 g/mol. The first kappa shape index (κ1) is 36.3. The van der Waals surface area contributed by atoms with Crippen molar-refractivity contribution in [2.75, 3.05) is 26.2 Å². The molecule has 0 spiro atoms. The van der Waals surface area contributed by atoms with Crippen LogP contribution >= 0.6 is 0 Å². The first-order valence-corrected chi connectivity index (χ1v) is 13.2. The summed E-state index contributed by atoms with van der Waals surface area (Å²) < 4.78 is 0. The Hall–Kier alpha value is -5.90. The molecule has 250 valence electrons. The standard InChI is InChI=1S/C24H34N12O10/c25-19(23(45)29-5-15(37)35-13(1-11-3-27-9-33-11)21(43)31-7-17(39)40)20(26)24(46)30-6-16(38)36-14(2-12-4-28-10-34-12)22(44)32-8-18(41)42/h3-4,9-10,13-14,19-20H,1-2,5-8,25-26H2,(H,27,33)(H,28,34)(H,29,45)(H,30,46)(H,31,43)(H,32,44)(H,35,37)(H,36,38)(H,39,40)(H,41,42)/p-2. The number of aliphatic carboxylic acids is 2. The molecule has 0 radical (unpaired) electrons. The molecule has 0 aromatic carbocycles. The van der Waals surface area contributed by atoms with Crippen LogP contribution in [0, 0.1) is 0 Å². The molecule has 22 nitrogen and oxygen atoms in total. The second kappa shape index (κ2) is 18.0. The van der Waals surface area contributed by atoms with E-state index in [1.165, 1.54) is 25.0 Å². The summed E-state index contributed by atoms with van der Waals surface area (Å²) >= 11 is 0. The summed E-state index contributed by atoms with van der Waals surface area (Å²) in [6, 6.07) is -6.16. The van der Waals surface area contributed by atoms with Crippen molar-refractivity contribution in [3.8, 4) is 0 Å². The Balaban J connectivity index is 1.95. The molecule has 2 aromatic heterocycles. The molecule has 2 rings (SSSR count). The fourth-order valence-corrected chi connectivity index (χ4v) is 3.49. The SMILES string of the molecule is NC(C(=O)NCC([O-])=NC(Cc1cnc[nH]1)C(=O)NCC(=O)O)C(N)C(=O)NCC([O-])=NC(Cc1cnc[nH]1)C(=O)NCC(=O)O. The molecule has 46 heavy (non-hydrogen) atoms. The maximum absolute atomic E-state index is 12.4. The Labute approximate surface area is 259 Å². The molecule has 4 atom stereocenters. The molecule has 0 aliphatic carbocycles. The minimum Gasteiger partial charge on any atom is -0.861 e. The van der Waals surface area contributed by atoms with Crippen molar-refractivity contribution in [3.05, 3.63) is 36.4 Å². The zero-order chi connectivity index (χ0) is 34.2. The van der Waals surface area contributed by atoms with Gasteiger partial charge < -0.3 is 63.1 Å². The van der Waals surface area contributed by atoms with Gasteiger partial charge in [0, 0.05) is 49.7 Å². The highest BCUT2D eigenvalue weighted by atomic mass is 16.4. The first-order chi connectivity index (χ1) is 21.8. The van der Waals surface area contributed by atoms with Gasteiger partial charge in [0.05, 0.1) is 12.7 Å². The molecule has 0 saturated heterocycles. The van der Waals surface area contributed by atoms with Gasteiger partial charge in [0.15, 0.2) is 0 Å². The number of hydrogen-bond donors (Lipinski definition) is 10. The van der Waals surface area contributed by atoms with Gasteiger partial charge in [0.2, 0.25) is 23.6 Å². The minimum atomic E-state index is -1.71. The second-order valence-electron chi connectivity index (χ2n) is 9.35. The van der Waals surface area contributed by atoms with Gasteiger partial charge in [-0.25, -0.2) is 9.97 Å². The van der Waals surface area contributed by atoms with Gasteiger partial charge in [-0.1, -0.05) is 0 Å². The van der Waals surface area contributed by atoms with Gasteiger partial charge in [0.25, 0.3) is 0 Å². The number of aromatic nitrogens is 4. The molecule has 0 aliphatic heterocycles. The average molecular weight is 649 g/mol. The van der Waals surface area contributed by atoms with Crippen molar-refractivity contribution in [3.63, 3.8) is 0 Å². The fraction of sp³-hybridized carbons (Fsp3) is 0.417. The van der Waals surface area contributed by atoms with Crippen LogP contribution in [0.1, 0.15) is 11.4 Å². The maximum atomic E-state index is 12.4. The van der Waals surface area contributed by atoms with Crippen molar-refractivity contribution in [2.24, 2.45) is 21.5 Å². The van der Waals surface area contributed by atoms with Gasteiger partial charge in [-0.2, -0.15) is 0 Å². The van der Waals surface area contributed by atoms with Crippen LogP contribution in [-0.4, -0.2) is 128 Å². The van der Waals surface area contributed by atoms with E-state index in [0.717, 1.165) is 0 Å². The molecule has 4 amide bonds. The maximum Gasteiger partial charge on any atom is 0.322 e. The van der Waals surface area contributed by atoms with Crippen molar-refractivity contribution < 1.29 is 49.2 Å². The van der Waals surface area contributed by atoms with E-state index < -0.39 is 97.7 Å². The summed E-state index contributed by atoms with van der Waals surface area (Å²) in [4.78, 5) is 91.5. The van der Waals surface area contributed by atoms with Crippen LogP contribution in [0.3, 0.4) is 0 Å². The lowest BCUT2D eigenvalue weighted by Crippen LogP contribution is -2.59. The molecule has 0 bridgehead atoms. The summed E-state index contributed by atoms with van der Waals surface area (Å²) in [5.74, 6) is -8.49. The van der Waals surface area contributed by atoms with E-state index in [0.29, 0.717) is 11.4 Å². The number of carboxylic acid groups (broad SMARTS) is 2. The molecule has 2 heterocycles. The van der Waals surface area contributed by atoms with Crippen LogP contribution in [0.15, 0.2) is 35.0 Å². The van der Waals surface area contributed by atoms with Crippen molar-refractivity contribution in [2.45, 2.75) is 37.0 Å². The molecular formula is C24H32N12O10-2. The van der Waals surface area contributed by atoms with E-state index in [1.54, 1.807) is 0 Å². The van der Waals surface area contributed by atoms with Gasteiger partial charge in [-0.05, 0) is 11.8 Å². The molecule has 0 saturated carbocycles. The van der Waals surface area contributed by atoms with Crippen molar-refractivity contribution >= 4 is 47.4 Å². The van der Waals surface area contributed by atoms with Crippen LogP contribution in [0.5, 0.6) is 0 Å². The smallest absolute Gasteiger partial charge is 0.322 e. The Bertz CT molecular complexity index is 1300. The minimum absolute atomic E-state index is 0.141. The third kappa shape index (κ3) is 12.8. The Kier molecular flexibility index (Phi) is 14.2. The van der Waals surface area contributed by atoms with E-state index in [2.05, 4.69) is 51.2 Å². The zero-order valence-corrected chi connectivity index (χ0v) is 24.0. The van der Waals surface area contributed by atoms with Gasteiger partial charge in [-0.3, -0.25) is 38.8 Å². The highest BCUT2D eigenvalue weighted by molar-refractivity contribution is 5.95. The van der Waals surface area contributed by atoms with Crippen LogP contribution in [-0.2, 0) is 41.6 Å². The average Bonchev–Trinajstić information content (AvgIpc) is 3.73. The van der Waals surface area contributed by atoms with Crippen LogP contribution < -0.4 is 42.9 Å². The van der Waals surface area contributed by atoms with Crippen molar-refractivity contribution in [1.29, 1.82) is 0 Å². The number of amides is 4. The summed E-state index contributed by atoms with van der Waals surface area (Å²) in [6.07, 6.45) is 5.09. The highest BCUT2D eigenvalue weighted by Gasteiger charge is 2.27. The third-order valence-electron chi connectivity index (χ3n) is 5.79. The third-order valence-corrected chi connectivity index (χ3v) is 5.79. The lowest BCUT2D eigenvalue weighted by molar-refractivity contribution is -0.218. The van der Waals surface area contributed by atoms with E-state index in [-0.39, 0.29) is 12.8 Å². The van der Waals surface area contributed by atoms with E-state index >= 15 is 0 Å². The summed E-state index contributed by atoms with van der Waals surface area (Å²) in [6.45, 7) is -2.96. The number of carbonyl (C=O) groups is 6. The van der Waals surface area contributed by atoms with Crippen LogP contribution in [0.4, 0.5) is 0 Å². The number of nitrogens with one attached hydrogen (secondary N) is 6. The number of aromatic amines is 2. The number of nitrogens with two attached hydrogens (primary N) is 2. The molecular weight excluding hydrogens is 616 g/mol. The normalized spacial score (nSPS) is 14.3. The van der Waals surface area contributed by atoms with Gasteiger partial charge >= 0.3 is 11.9 Å². The topological polar surface area (TPSA) is 371 Å². The summed E-state index contributed by atoms with van der Waals surface area (Å²) in [5.41, 5.74) is 12.3. The number of carbonyl (C=O) groups excluding carboxylic acids is 4. The Morgan fingerprint density at radius 1 is 0.674 bits per heavy atom. The predicted molar refractivity (Wildman–Crippen MR) is 150 cm³/mol. The quantitative estimate of drug-likeness (QED) is 0.0500. The second-order valence-corrected chi connectivity index (χ2v) is 9.35. The molecule has 0 fully saturated rings. The Morgan fingerprint density at radius 2 is 1.02 bits per heavy atom. The lowest BCUT2D eigenvalue weighted by Gasteiger charge is -2.22. The van der Waals surface area contributed by atoms with Crippen LogP contribution in [0.25, 0.3) is 0 Å². The molecule has 22 heteroatoms. The molecule has 0 aliphatic rings. The number of imidazole rings is 2.